The normalized spacial score (nSPS) is 33.0. The van der Waals surface area contributed by atoms with Crippen molar-refractivity contribution in [3.05, 3.63) is 0 Å². The van der Waals surface area contributed by atoms with E-state index in [4.69, 9.17) is 10.5 Å². The first-order chi connectivity index (χ1) is 9.98. The van der Waals surface area contributed by atoms with Crippen molar-refractivity contribution in [1.29, 1.82) is 0 Å². The SMILES string of the molecule is CCN(CC)CCN1C(N)=NCC12CCOC(C)(CC)C2. The van der Waals surface area contributed by atoms with Crippen molar-refractivity contribution < 1.29 is 4.74 Å². The highest BCUT2D eigenvalue weighted by Gasteiger charge is 2.49. The van der Waals surface area contributed by atoms with Crippen LogP contribution in [0.3, 0.4) is 0 Å². The van der Waals surface area contributed by atoms with Crippen LogP contribution in [0.2, 0.25) is 0 Å². The summed E-state index contributed by atoms with van der Waals surface area (Å²) in [6.45, 7) is 14.7. The minimum Gasteiger partial charge on any atom is -0.375 e. The molecule has 0 aromatic carbocycles. The Labute approximate surface area is 129 Å². The van der Waals surface area contributed by atoms with E-state index in [1.807, 2.05) is 0 Å². The van der Waals surface area contributed by atoms with Gasteiger partial charge in [0.1, 0.15) is 0 Å². The van der Waals surface area contributed by atoms with Crippen molar-refractivity contribution in [2.75, 3.05) is 39.3 Å². The lowest BCUT2D eigenvalue weighted by molar-refractivity contribution is -0.114. The van der Waals surface area contributed by atoms with Gasteiger partial charge in [-0.05, 0) is 32.9 Å². The highest BCUT2D eigenvalue weighted by molar-refractivity contribution is 5.81. The monoisotopic (exact) mass is 296 g/mol. The van der Waals surface area contributed by atoms with Gasteiger partial charge in [0.25, 0.3) is 0 Å². The Morgan fingerprint density at radius 3 is 2.67 bits per heavy atom. The van der Waals surface area contributed by atoms with Crippen molar-refractivity contribution in [3.8, 4) is 0 Å². The second kappa shape index (κ2) is 6.53. The fraction of sp³-hybridized carbons (Fsp3) is 0.938. The molecule has 0 saturated carbocycles. The Balaban J connectivity index is 2.08. The minimum absolute atomic E-state index is 0.0359. The Bertz CT molecular complexity index is 382. The lowest BCUT2D eigenvalue weighted by Gasteiger charge is -2.49. The van der Waals surface area contributed by atoms with E-state index in [2.05, 4.69) is 42.5 Å². The molecule has 0 aliphatic carbocycles. The van der Waals surface area contributed by atoms with E-state index >= 15 is 0 Å². The summed E-state index contributed by atoms with van der Waals surface area (Å²) in [5.74, 6) is 0.725. The summed E-state index contributed by atoms with van der Waals surface area (Å²) in [6.07, 6.45) is 3.10. The third-order valence-electron chi connectivity index (χ3n) is 5.39. The van der Waals surface area contributed by atoms with Gasteiger partial charge in [0.15, 0.2) is 5.96 Å². The van der Waals surface area contributed by atoms with Crippen LogP contribution in [0.1, 0.15) is 47.0 Å². The summed E-state index contributed by atoms with van der Waals surface area (Å²) >= 11 is 0. The third-order valence-corrected chi connectivity index (χ3v) is 5.39. The Hall–Kier alpha value is -0.810. The molecule has 0 radical (unpaired) electrons. The van der Waals surface area contributed by atoms with Crippen LogP contribution in [-0.2, 0) is 4.74 Å². The molecule has 0 amide bonds. The van der Waals surface area contributed by atoms with Crippen molar-refractivity contribution in [2.45, 2.75) is 58.1 Å². The molecule has 2 N–H and O–H groups in total. The maximum atomic E-state index is 6.20. The van der Waals surface area contributed by atoms with Crippen LogP contribution in [0.4, 0.5) is 0 Å². The predicted molar refractivity (Wildman–Crippen MR) is 87.6 cm³/mol. The maximum Gasteiger partial charge on any atom is 0.191 e. The van der Waals surface area contributed by atoms with Crippen LogP contribution in [0.15, 0.2) is 4.99 Å². The summed E-state index contributed by atoms with van der Waals surface area (Å²) in [5.41, 5.74) is 6.25. The summed E-state index contributed by atoms with van der Waals surface area (Å²) in [5, 5.41) is 0. The van der Waals surface area contributed by atoms with E-state index in [0.29, 0.717) is 0 Å². The molecule has 21 heavy (non-hydrogen) atoms. The van der Waals surface area contributed by atoms with Gasteiger partial charge in [0.05, 0.1) is 17.7 Å². The largest absolute Gasteiger partial charge is 0.375 e. The quantitative estimate of drug-likeness (QED) is 0.810. The van der Waals surface area contributed by atoms with Crippen molar-refractivity contribution in [2.24, 2.45) is 10.7 Å². The highest BCUT2D eigenvalue weighted by Crippen LogP contribution is 2.40. The molecular formula is C16H32N4O. The van der Waals surface area contributed by atoms with Gasteiger partial charge in [-0.15, -0.1) is 0 Å². The fourth-order valence-electron chi connectivity index (χ4n) is 3.69. The van der Waals surface area contributed by atoms with E-state index in [1.165, 1.54) is 0 Å². The lowest BCUT2D eigenvalue weighted by atomic mass is 9.78. The van der Waals surface area contributed by atoms with Crippen LogP contribution >= 0.6 is 0 Å². The lowest BCUT2D eigenvalue weighted by Crippen LogP contribution is -2.60. The van der Waals surface area contributed by atoms with E-state index in [1.54, 1.807) is 0 Å². The molecule has 122 valence electrons. The second-order valence-corrected chi connectivity index (χ2v) is 6.66. The average molecular weight is 296 g/mol. The molecule has 0 aromatic heterocycles. The minimum atomic E-state index is -0.0359. The van der Waals surface area contributed by atoms with E-state index in [0.717, 1.165) is 64.6 Å². The number of nitrogens with zero attached hydrogens (tertiary/aromatic N) is 3. The van der Waals surface area contributed by atoms with Gasteiger partial charge in [-0.1, -0.05) is 20.8 Å². The first kappa shape index (κ1) is 16.6. The first-order valence-corrected chi connectivity index (χ1v) is 8.42. The van der Waals surface area contributed by atoms with Crippen molar-refractivity contribution in [1.82, 2.24) is 9.80 Å². The first-order valence-electron chi connectivity index (χ1n) is 8.42. The molecule has 1 saturated heterocycles. The molecule has 2 aliphatic heterocycles. The van der Waals surface area contributed by atoms with Crippen molar-refractivity contribution in [3.63, 3.8) is 0 Å². The Morgan fingerprint density at radius 2 is 2.05 bits per heavy atom. The number of ether oxygens (including phenoxy) is 1. The standard InChI is InChI=1S/C16H32N4O/c1-5-15(4)12-16(8-11-21-15)13-18-14(17)20(16)10-9-19(6-2)7-3/h5-13H2,1-4H3,(H2,17,18). The van der Waals surface area contributed by atoms with Crippen LogP contribution in [0.25, 0.3) is 0 Å². The fourth-order valence-corrected chi connectivity index (χ4v) is 3.69. The van der Waals surface area contributed by atoms with Gasteiger partial charge >= 0.3 is 0 Å². The zero-order chi connectivity index (χ0) is 15.5. The molecule has 5 heteroatoms. The predicted octanol–water partition coefficient (Wildman–Crippen LogP) is 1.68. The van der Waals surface area contributed by atoms with Crippen LogP contribution in [0, 0.1) is 0 Å². The van der Waals surface area contributed by atoms with Crippen LogP contribution in [0.5, 0.6) is 0 Å². The summed E-state index contributed by atoms with van der Waals surface area (Å²) in [7, 11) is 0. The van der Waals surface area contributed by atoms with E-state index in [9.17, 15) is 0 Å². The van der Waals surface area contributed by atoms with E-state index in [-0.39, 0.29) is 11.1 Å². The number of likely N-dealkylation sites (N-methyl/N-ethyl adjacent to an activating group) is 1. The molecule has 2 rings (SSSR count). The molecule has 1 fully saturated rings. The molecule has 0 aromatic rings. The molecule has 2 aliphatic rings. The zero-order valence-electron chi connectivity index (χ0n) is 14.2. The smallest absolute Gasteiger partial charge is 0.191 e. The van der Waals surface area contributed by atoms with E-state index < -0.39 is 0 Å². The number of aliphatic imine (C=N–C) groups is 1. The average Bonchev–Trinajstić information content (AvgIpc) is 2.77. The zero-order valence-corrected chi connectivity index (χ0v) is 14.2. The molecule has 0 bridgehead atoms. The number of nitrogens with two attached hydrogens (primary N) is 1. The van der Waals surface area contributed by atoms with Gasteiger partial charge in [-0.25, -0.2) is 0 Å². The van der Waals surface area contributed by atoms with Gasteiger partial charge in [0.2, 0.25) is 0 Å². The maximum absolute atomic E-state index is 6.20. The molecule has 2 heterocycles. The van der Waals surface area contributed by atoms with Crippen LogP contribution < -0.4 is 5.73 Å². The summed E-state index contributed by atoms with van der Waals surface area (Å²) in [6, 6.07) is 0. The Morgan fingerprint density at radius 1 is 1.33 bits per heavy atom. The van der Waals surface area contributed by atoms with Gasteiger partial charge in [-0.3, -0.25) is 4.99 Å². The van der Waals surface area contributed by atoms with Gasteiger partial charge < -0.3 is 20.3 Å². The number of hydrogen-bond acceptors (Lipinski definition) is 5. The number of rotatable bonds is 6. The number of hydrogen-bond donors (Lipinski definition) is 1. The van der Waals surface area contributed by atoms with Crippen LogP contribution in [-0.4, -0.2) is 66.2 Å². The second-order valence-electron chi connectivity index (χ2n) is 6.66. The molecule has 2 unspecified atom stereocenters. The summed E-state index contributed by atoms with van der Waals surface area (Å²) in [4.78, 5) is 9.38. The molecular weight excluding hydrogens is 264 g/mol. The topological polar surface area (TPSA) is 54.1 Å². The highest BCUT2D eigenvalue weighted by atomic mass is 16.5. The number of guanidine groups is 1. The molecule has 5 nitrogen and oxygen atoms in total. The Kier molecular flexibility index (Phi) is 5.15. The summed E-state index contributed by atoms with van der Waals surface area (Å²) < 4.78 is 6.02. The molecule has 2 atom stereocenters. The van der Waals surface area contributed by atoms with Gasteiger partial charge in [-0.2, -0.15) is 0 Å². The third kappa shape index (κ3) is 3.34. The molecule has 1 spiro atoms. The van der Waals surface area contributed by atoms with Gasteiger partial charge in [0, 0.05) is 26.1 Å². The van der Waals surface area contributed by atoms with Crippen molar-refractivity contribution >= 4 is 5.96 Å².